The van der Waals surface area contributed by atoms with Gasteiger partial charge in [-0.25, -0.2) is 12.8 Å². The second-order valence-corrected chi connectivity index (χ2v) is 6.29. The van der Waals surface area contributed by atoms with Crippen LogP contribution in [0.25, 0.3) is 0 Å². The number of anilines is 1. The Morgan fingerprint density at radius 3 is 2.61 bits per heavy atom. The number of nitriles is 1. The number of hydrogen-bond donors (Lipinski definition) is 1. The summed E-state index contributed by atoms with van der Waals surface area (Å²) in [6.07, 6.45) is 3.01. The fourth-order valence-corrected chi connectivity index (χ4v) is 3.76. The van der Waals surface area contributed by atoms with Crippen LogP contribution in [0.5, 0.6) is 0 Å². The van der Waals surface area contributed by atoms with E-state index in [0.29, 0.717) is 12.8 Å². The Balaban J connectivity index is 2.29. The molecule has 1 fully saturated rings. The minimum Gasteiger partial charge on any atom is -0.282 e. The standard InChI is InChI=1S/C12H13FN2O2S/c13-11-6-3-7-12(10(11)8-14)15-18(16,17)9-4-1-2-5-9/h3,6-7,9,15H,1-2,4-5H2. The molecule has 0 bridgehead atoms. The van der Waals surface area contributed by atoms with Crippen LogP contribution in [0, 0.1) is 17.1 Å². The second-order valence-electron chi connectivity index (χ2n) is 4.33. The molecule has 96 valence electrons. The lowest BCUT2D eigenvalue weighted by Crippen LogP contribution is -2.25. The van der Waals surface area contributed by atoms with Gasteiger partial charge in [-0.15, -0.1) is 0 Å². The zero-order valence-electron chi connectivity index (χ0n) is 9.69. The maximum absolute atomic E-state index is 13.3. The number of rotatable bonds is 3. The molecular weight excluding hydrogens is 255 g/mol. The molecule has 0 atom stereocenters. The van der Waals surface area contributed by atoms with Gasteiger partial charge in [0.2, 0.25) is 10.0 Å². The number of nitrogens with zero attached hydrogens (tertiary/aromatic N) is 1. The highest BCUT2D eigenvalue weighted by Gasteiger charge is 2.29. The third-order valence-corrected chi connectivity index (χ3v) is 4.97. The van der Waals surface area contributed by atoms with Crippen LogP contribution in [0.1, 0.15) is 31.2 Å². The minimum atomic E-state index is -3.53. The maximum Gasteiger partial charge on any atom is 0.235 e. The first-order valence-electron chi connectivity index (χ1n) is 5.75. The molecule has 1 N–H and O–H groups in total. The molecule has 0 spiro atoms. The Bertz CT molecular complexity index is 587. The van der Waals surface area contributed by atoms with Crippen LogP contribution in [0.4, 0.5) is 10.1 Å². The fourth-order valence-electron chi connectivity index (χ4n) is 2.16. The zero-order valence-corrected chi connectivity index (χ0v) is 10.5. The predicted octanol–water partition coefficient (Wildman–Crippen LogP) is 2.38. The molecule has 0 radical (unpaired) electrons. The number of sulfonamides is 1. The molecule has 0 amide bonds. The van der Waals surface area contributed by atoms with E-state index in [1.54, 1.807) is 6.07 Å². The average Bonchev–Trinajstić information content (AvgIpc) is 2.83. The Morgan fingerprint density at radius 2 is 2.00 bits per heavy atom. The summed E-state index contributed by atoms with van der Waals surface area (Å²) in [5, 5.41) is 8.40. The summed E-state index contributed by atoms with van der Waals surface area (Å²) in [5.74, 6) is -0.718. The zero-order chi connectivity index (χ0) is 13.2. The third kappa shape index (κ3) is 2.46. The summed E-state index contributed by atoms with van der Waals surface area (Å²) < 4.78 is 39.8. The molecule has 0 aromatic heterocycles. The number of hydrogen-bond acceptors (Lipinski definition) is 3. The number of nitrogens with one attached hydrogen (secondary N) is 1. The first-order valence-corrected chi connectivity index (χ1v) is 7.29. The van der Waals surface area contributed by atoms with E-state index in [1.807, 2.05) is 0 Å². The third-order valence-electron chi connectivity index (χ3n) is 3.12. The van der Waals surface area contributed by atoms with Crippen LogP contribution >= 0.6 is 0 Å². The molecule has 0 heterocycles. The second kappa shape index (κ2) is 4.94. The van der Waals surface area contributed by atoms with Gasteiger partial charge in [0.25, 0.3) is 0 Å². The van der Waals surface area contributed by atoms with Gasteiger partial charge in [0.1, 0.15) is 17.4 Å². The SMILES string of the molecule is N#Cc1c(F)cccc1NS(=O)(=O)C1CCCC1. The molecule has 2 rings (SSSR count). The van der Waals surface area contributed by atoms with E-state index < -0.39 is 21.1 Å². The van der Waals surface area contributed by atoms with Gasteiger partial charge < -0.3 is 0 Å². The first-order chi connectivity index (χ1) is 8.54. The summed E-state index contributed by atoms with van der Waals surface area (Å²) in [5.41, 5.74) is -0.247. The van der Waals surface area contributed by atoms with E-state index in [4.69, 9.17) is 5.26 Å². The van der Waals surface area contributed by atoms with E-state index in [-0.39, 0.29) is 11.3 Å². The number of benzene rings is 1. The summed E-state index contributed by atoms with van der Waals surface area (Å²) >= 11 is 0. The van der Waals surface area contributed by atoms with Crippen molar-refractivity contribution in [2.24, 2.45) is 0 Å². The van der Waals surface area contributed by atoms with Crippen LogP contribution < -0.4 is 4.72 Å². The lowest BCUT2D eigenvalue weighted by molar-refractivity contribution is 0.585. The van der Waals surface area contributed by atoms with Gasteiger partial charge in [-0.3, -0.25) is 4.72 Å². The maximum atomic E-state index is 13.3. The molecule has 1 aromatic carbocycles. The smallest absolute Gasteiger partial charge is 0.235 e. The summed E-state index contributed by atoms with van der Waals surface area (Å²) in [6, 6.07) is 5.58. The molecule has 1 aliphatic rings. The average molecular weight is 268 g/mol. The van der Waals surface area contributed by atoms with Crippen molar-refractivity contribution in [3.05, 3.63) is 29.6 Å². The molecule has 1 aliphatic carbocycles. The molecule has 4 nitrogen and oxygen atoms in total. The van der Waals surface area contributed by atoms with Crippen molar-refractivity contribution < 1.29 is 12.8 Å². The van der Waals surface area contributed by atoms with Crippen molar-refractivity contribution in [1.29, 1.82) is 5.26 Å². The number of halogens is 1. The van der Waals surface area contributed by atoms with Gasteiger partial charge in [-0.1, -0.05) is 18.9 Å². The van der Waals surface area contributed by atoms with Gasteiger partial charge in [-0.2, -0.15) is 5.26 Å². The van der Waals surface area contributed by atoms with E-state index >= 15 is 0 Å². The van der Waals surface area contributed by atoms with Gasteiger partial charge in [-0.05, 0) is 25.0 Å². The van der Waals surface area contributed by atoms with E-state index in [0.717, 1.165) is 18.9 Å². The highest BCUT2D eigenvalue weighted by atomic mass is 32.2. The topological polar surface area (TPSA) is 70.0 Å². The molecule has 0 aliphatic heterocycles. The molecule has 1 saturated carbocycles. The predicted molar refractivity (Wildman–Crippen MR) is 65.9 cm³/mol. The quantitative estimate of drug-likeness (QED) is 0.915. The van der Waals surface area contributed by atoms with Crippen molar-refractivity contribution in [3.8, 4) is 6.07 Å². The first kappa shape index (κ1) is 12.8. The Hall–Kier alpha value is -1.61. The summed E-state index contributed by atoms with van der Waals surface area (Å²) in [6.45, 7) is 0. The van der Waals surface area contributed by atoms with E-state index in [1.165, 1.54) is 12.1 Å². The van der Waals surface area contributed by atoms with Crippen molar-refractivity contribution in [2.45, 2.75) is 30.9 Å². The van der Waals surface area contributed by atoms with Crippen molar-refractivity contribution in [1.82, 2.24) is 0 Å². The highest BCUT2D eigenvalue weighted by molar-refractivity contribution is 7.93. The Morgan fingerprint density at radius 1 is 1.33 bits per heavy atom. The van der Waals surface area contributed by atoms with Crippen molar-refractivity contribution in [3.63, 3.8) is 0 Å². The van der Waals surface area contributed by atoms with Crippen LogP contribution in [-0.4, -0.2) is 13.7 Å². The molecular formula is C12H13FN2O2S. The molecule has 0 unspecified atom stereocenters. The van der Waals surface area contributed by atoms with Gasteiger partial charge in [0, 0.05) is 0 Å². The molecule has 1 aromatic rings. The van der Waals surface area contributed by atoms with Crippen LogP contribution in [0.15, 0.2) is 18.2 Å². The van der Waals surface area contributed by atoms with Gasteiger partial charge >= 0.3 is 0 Å². The summed E-state index contributed by atoms with van der Waals surface area (Å²) in [4.78, 5) is 0. The lowest BCUT2D eigenvalue weighted by atomic mass is 10.2. The van der Waals surface area contributed by atoms with Crippen molar-refractivity contribution in [2.75, 3.05) is 4.72 Å². The van der Waals surface area contributed by atoms with Gasteiger partial charge in [0.05, 0.1) is 10.9 Å². The Kier molecular flexibility index (Phi) is 3.53. The van der Waals surface area contributed by atoms with Crippen LogP contribution in [0.2, 0.25) is 0 Å². The molecule has 18 heavy (non-hydrogen) atoms. The Labute approximate surface area is 105 Å². The molecule has 6 heteroatoms. The van der Waals surface area contributed by atoms with E-state index in [2.05, 4.69) is 4.72 Å². The fraction of sp³-hybridized carbons (Fsp3) is 0.417. The van der Waals surface area contributed by atoms with Gasteiger partial charge in [0.15, 0.2) is 0 Å². The largest absolute Gasteiger partial charge is 0.282 e. The summed E-state index contributed by atoms with van der Waals surface area (Å²) in [7, 11) is -3.53. The van der Waals surface area contributed by atoms with Crippen LogP contribution in [0.3, 0.4) is 0 Å². The van der Waals surface area contributed by atoms with E-state index in [9.17, 15) is 12.8 Å². The monoisotopic (exact) mass is 268 g/mol. The van der Waals surface area contributed by atoms with Crippen molar-refractivity contribution >= 4 is 15.7 Å². The van der Waals surface area contributed by atoms with Crippen LogP contribution in [-0.2, 0) is 10.0 Å². The minimum absolute atomic E-state index is 0.0180. The normalized spacial score (nSPS) is 16.4. The highest BCUT2D eigenvalue weighted by Crippen LogP contribution is 2.27. The lowest BCUT2D eigenvalue weighted by Gasteiger charge is -2.14. The molecule has 0 saturated heterocycles.